The molecule has 1 saturated heterocycles. The van der Waals surface area contributed by atoms with Gasteiger partial charge in [-0.2, -0.15) is 0 Å². The smallest absolute Gasteiger partial charge is 0.222 e. The molecule has 2 aliphatic heterocycles. The number of hydrogen-bond acceptors (Lipinski definition) is 3. The highest BCUT2D eigenvalue weighted by atomic mass is 16.2. The maximum absolute atomic E-state index is 12.7. The quantitative estimate of drug-likeness (QED) is 0.457. The normalized spacial score (nSPS) is 21.7. The third-order valence-electron chi connectivity index (χ3n) is 6.67. The summed E-state index contributed by atoms with van der Waals surface area (Å²) in [6, 6.07) is 8.84. The Morgan fingerprint density at radius 2 is 2.06 bits per heavy atom. The van der Waals surface area contributed by atoms with Gasteiger partial charge in [-0.3, -0.25) is 9.79 Å². The predicted octanol–water partition coefficient (Wildman–Crippen LogP) is 2.71. The topological polar surface area (TPSA) is 65.8 Å². The number of amides is 1. The Bertz CT molecular complexity index is 893. The summed E-state index contributed by atoms with van der Waals surface area (Å²) in [6.07, 6.45) is 9.26. The van der Waals surface area contributed by atoms with Gasteiger partial charge < -0.3 is 19.7 Å². The molecule has 3 heterocycles. The summed E-state index contributed by atoms with van der Waals surface area (Å²) in [5, 5.41) is 3.47. The molecule has 2 unspecified atom stereocenters. The van der Waals surface area contributed by atoms with Crippen LogP contribution >= 0.6 is 0 Å². The summed E-state index contributed by atoms with van der Waals surface area (Å²) in [6.45, 7) is 6.55. The SMILES string of the molecule is CN=C(NCCCC(=O)N1CCc2ccccc2C1)N1CCC(C)C(n2ccnc2)C1. The number of hydrogen-bond donors (Lipinski definition) is 1. The van der Waals surface area contributed by atoms with Gasteiger partial charge in [0.25, 0.3) is 0 Å². The van der Waals surface area contributed by atoms with Crippen LogP contribution in [0.2, 0.25) is 0 Å². The Balaban J connectivity index is 1.23. The van der Waals surface area contributed by atoms with Gasteiger partial charge in [-0.1, -0.05) is 31.2 Å². The van der Waals surface area contributed by atoms with E-state index in [9.17, 15) is 4.79 Å². The van der Waals surface area contributed by atoms with Crippen molar-refractivity contribution in [2.24, 2.45) is 10.9 Å². The molecule has 166 valence electrons. The minimum absolute atomic E-state index is 0.248. The van der Waals surface area contributed by atoms with Crippen molar-refractivity contribution in [1.82, 2.24) is 24.7 Å². The fraction of sp³-hybridized carbons (Fsp3) is 0.542. The summed E-state index contributed by atoms with van der Waals surface area (Å²) < 4.78 is 2.21. The molecule has 2 aliphatic rings. The molecule has 1 aromatic heterocycles. The molecule has 4 rings (SSSR count). The first-order valence-corrected chi connectivity index (χ1v) is 11.4. The molecule has 1 aromatic carbocycles. The van der Waals surface area contributed by atoms with Gasteiger partial charge in [-0.05, 0) is 36.3 Å². The van der Waals surface area contributed by atoms with E-state index in [0.29, 0.717) is 18.4 Å². The van der Waals surface area contributed by atoms with Gasteiger partial charge in [-0.15, -0.1) is 0 Å². The molecular weight excluding hydrogens is 388 g/mol. The van der Waals surface area contributed by atoms with Gasteiger partial charge in [0.1, 0.15) is 0 Å². The third-order valence-corrected chi connectivity index (χ3v) is 6.67. The second-order valence-electron chi connectivity index (χ2n) is 8.70. The van der Waals surface area contributed by atoms with Gasteiger partial charge in [0.05, 0.1) is 12.4 Å². The van der Waals surface area contributed by atoms with E-state index < -0.39 is 0 Å². The lowest BCUT2D eigenvalue weighted by Gasteiger charge is -2.39. The number of imidazole rings is 1. The van der Waals surface area contributed by atoms with Crippen LogP contribution in [0.3, 0.4) is 0 Å². The van der Waals surface area contributed by atoms with Crippen molar-refractivity contribution in [2.75, 3.05) is 33.2 Å². The van der Waals surface area contributed by atoms with Crippen molar-refractivity contribution in [3.05, 3.63) is 54.1 Å². The van der Waals surface area contributed by atoms with Crippen LogP contribution in [0.15, 0.2) is 48.0 Å². The molecular formula is C24H34N6O. The van der Waals surface area contributed by atoms with E-state index in [0.717, 1.165) is 57.9 Å². The molecule has 1 amide bonds. The third kappa shape index (κ3) is 5.09. The van der Waals surface area contributed by atoms with Crippen LogP contribution in [0.5, 0.6) is 0 Å². The van der Waals surface area contributed by atoms with Gasteiger partial charge in [0.15, 0.2) is 5.96 Å². The van der Waals surface area contributed by atoms with Crippen LogP contribution in [-0.2, 0) is 17.8 Å². The van der Waals surface area contributed by atoms with Crippen molar-refractivity contribution in [1.29, 1.82) is 0 Å². The first-order chi connectivity index (χ1) is 15.2. The fourth-order valence-electron chi connectivity index (χ4n) is 4.73. The maximum Gasteiger partial charge on any atom is 0.222 e. The lowest BCUT2D eigenvalue weighted by atomic mass is 9.93. The van der Waals surface area contributed by atoms with E-state index in [1.807, 2.05) is 30.7 Å². The molecule has 2 atom stereocenters. The second-order valence-corrected chi connectivity index (χ2v) is 8.70. The number of guanidine groups is 1. The Morgan fingerprint density at radius 3 is 2.84 bits per heavy atom. The molecule has 31 heavy (non-hydrogen) atoms. The minimum atomic E-state index is 0.248. The predicted molar refractivity (Wildman–Crippen MR) is 123 cm³/mol. The molecule has 2 aromatic rings. The molecule has 7 nitrogen and oxygen atoms in total. The zero-order valence-electron chi connectivity index (χ0n) is 18.7. The number of piperidine rings is 1. The highest BCUT2D eigenvalue weighted by Crippen LogP contribution is 2.27. The lowest BCUT2D eigenvalue weighted by Crippen LogP contribution is -2.49. The van der Waals surface area contributed by atoms with Crippen LogP contribution in [0.1, 0.15) is 43.4 Å². The molecule has 0 aliphatic carbocycles. The Morgan fingerprint density at radius 1 is 1.23 bits per heavy atom. The number of aromatic nitrogens is 2. The highest BCUT2D eigenvalue weighted by Gasteiger charge is 2.29. The van der Waals surface area contributed by atoms with Crippen molar-refractivity contribution in [3.63, 3.8) is 0 Å². The van der Waals surface area contributed by atoms with Crippen LogP contribution in [0.25, 0.3) is 0 Å². The number of benzene rings is 1. The zero-order valence-corrected chi connectivity index (χ0v) is 18.7. The van der Waals surface area contributed by atoms with Gasteiger partial charge >= 0.3 is 0 Å². The van der Waals surface area contributed by atoms with Gasteiger partial charge in [0, 0.05) is 58.6 Å². The monoisotopic (exact) mass is 422 g/mol. The number of carbonyl (C=O) groups excluding carboxylic acids is 1. The second kappa shape index (κ2) is 9.98. The molecule has 1 fully saturated rings. The van der Waals surface area contributed by atoms with Gasteiger partial charge in [-0.25, -0.2) is 4.98 Å². The number of rotatable bonds is 5. The number of aliphatic imine (C=N–C) groups is 1. The molecule has 1 N–H and O–H groups in total. The van der Waals surface area contributed by atoms with Gasteiger partial charge in [0.2, 0.25) is 5.91 Å². The number of fused-ring (bicyclic) bond motifs is 1. The first kappa shape index (κ1) is 21.4. The maximum atomic E-state index is 12.7. The highest BCUT2D eigenvalue weighted by molar-refractivity contribution is 5.80. The standard InChI is InChI=1S/C24H34N6O/c1-19-9-13-29(17-22(19)30-15-12-26-18-30)24(25-2)27-11-5-8-23(31)28-14-10-20-6-3-4-7-21(20)16-28/h3-4,6-7,12,15,18-19,22H,5,8-11,13-14,16-17H2,1-2H3,(H,25,27). The summed E-state index contributed by atoms with van der Waals surface area (Å²) in [5.41, 5.74) is 2.66. The lowest BCUT2D eigenvalue weighted by molar-refractivity contribution is -0.132. The van der Waals surface area contributed by atoms with E-state index in [2.05, 4.69) is 55.9 Å². The van der Waals surface area contributed by atoms with E-state index >= 15 is 0 Å². The van der Waals surface area contributed by atoms with Crippen LogP contribution in [0.4, 0.5) is 0 Å². The van der Waals surface area contributed by atoms with Crippen molar-refractivity contribution in [3.8, 4) is 0 Å². The van der Waals surface area contributed by atoms with Crippen molar-refractivity contribution >= 4 is 11.9 Å². The number of nitrogens with zero attached hydrogens (tertiary/aromatic N) is 5. The molecule has 0 spiro atoms. The first-order valence-electron chi connectivity index (χ1n) is 11.4. The summed E-state index contributed by atoms with van der Waals surface area (Å²) in [7, 11) is 1.84. The van der Waals surface area contributed by atoms with Crippen LogP contribution in [0, 0.1) is 5.92 Å². The Hall–Kier alpha value is -2.83. The van der Waals surface area contributed by atoms with E-state index in [1.165, 1.54) is 11.1 Å². The number of carbonyl (C=O) groups is 1. The van der Waals surface area contributed by atoms with Crippen LogP contribution < -0.4 is 5.32 Å². The summed E-state index contributed by atoms with van der Waals surface area (Å²) in [5.74, 6) is 1.78. The molecule has 0 bridgehead atoms. The zero-order chi connectivity index (χ0) is 21.6. The largest absolute Gasteiger partial charge is 0.356 e. The Kier molecular flexibility index (Phi) is 6.89. The molecule has 7 heteroatoms. The summed E-state index contributed by atoms with van der Waals surface area (Å²) in [4.78, 5) is 25.7. The van der Waals surface area contributed by atoms with E-state index in [1.54, 1.807) is 0 Å². The van der Waals surface area contributed by atoms with Crippen molar-refractivity contribution < 1.29 is 4.79 Å². The Labute approximate surface area is 185 Å². The molecule has 0 radical (unpaired) electrons. The summed E-state index contributed by atoms with van der Waals surface area (Å²) >= 11 is 0. The van der Waals surface area contributed by atoms with E-state index in [4.69, 9.17) is 0 Å². The number of likely N-dealkylation sites (tertiary alicyclic amines) is 1. The van der Waals surface area contributed by atoms with Crippen molar-refractivity contribution in [2.45, 2.75) is 45.2 Å². The average Bonchev–Trinajstić information content (AvgIpc) is 3.34. The van der Waals surface area contributed by atoms with E-state index in [-0.39, 0.29) is 5.91 Å². The van der Waals surface area contributed by atoms with Crippen LogP contribution in [-0.4, -0.2) is 64.4 Å². The minimum Gasteiger partial charge on any atom is -0.356 e. The molecule has 0 saturated carbocycles. The average molecular weight is 423 g/mol. The number of nitrogens with one attached hydrogen (secondary N) is 1. The fourth-order valence-corrected chi connectivity index (χ4v) is 4.73.